The smallest absolute Gasteiger partial charge is 0.00921 e. The highest BCUT2D eigenvalue weighted by Crippen LogP contribution is 2.35. The maximum absolute atomic E-state index is 2.31. The van der Waals surface area contributed by atoms with Gasteiger partial charge in [0.05, 0.1) is 0 Å². The fraction of sp³-hybridized carbons (Fsp3) is 0.294. The number of rotatable bonds is 1. The first-order valence-corrected chi connectivity index (χ1v) is 6.55. The molecule has 3 rings (SSSR count). The largest absolute Gasteiger partial charge is 0.0645 e. The zero-order chi connectivity index (χ0) is 11.7. The van der Waals surface area contributed by atoms with Crippen molar-refractivity contribution in [1.29, 1.82) is 0 Å². The summed E-state index contributed by atoms with van der Waals surface area (Å²) in [6, 6.07) is 17.9. The lowest BCUT2D eigenvalue weighted by atomic mass is 9.86. The number of fused-ring (bicyclic) bond motifs is 2. The Hall–Kier alpha value is -1.56. The van der Waals surface area contributed by atoms with Gasteiger partial charge in [-0.1, -0.05) is 55.5 Å². The summed E-state index contributed by atoms with van der Waals surface area (Å²) in [5.74, 6) is 0.588. The van der Waals surface area contributed by atoms with Gasteiger partial charge in [-0.3, -0.25) is 0 Å². The Morgan fingerprint density at radius 1 is 0.824 bits per heavy atom. The van der Waals surface area contributed by atoms with Gasteiger partial charge in [0.2, 0.25) is 0 Å². The summed E-state index contributed by atoms with van der Waals surface area (Å²) >= 11 is 0. The summed E-state index contributed by atoms with van der Waals surface area (Å²) < 4.78 is 0. The molecular formula is C17H18. The lowest BCUT2D eigenvalue weighted by Crippen LogP contribution is -2.02. The maximum atomic E-state index is 2.31. The second-order valence-corrected chi connectivity index (χ2v) is 4.86. The van der Waals surface area contributed by atoms with Gasteiger partial charge in [-0.25, -0.2) is 0 Å². The molecule has 0 aromatic heterocycles. The van der Waals surface area contributed by atoms with Crippen LogP contribution in [0.15, 0.2) is 48.5 Å². The quantitative estimate of drug-likeness (QED) is 0.674. The Kier molecular flexibility index (Phi) is 2.72. The molecule has 0 atom stereocenters. The molecule has 0 N–H and O–H groups in total. The molecule has 0 amide bonds. The Morgan fingerprint density at radius 3 is 1.76 bits per heavy atom. The molecule has 86 valence electrons. The first kappa shape index (κ1) is 10.6. The summed E-state index contributed by atoms with van der Waals surface area (Å²) in [4.78, 5) is 0. The van der Waals surface area contributed by atoms with E-state index < -0.39 is 0 Å². The molecule has 0 radical (unpaired) electrons. The molecule has 0 aliphatic heterocycles. The standard InChI is InChI=1S/C17H18/c1-2-15-16-9-5-3-7-13(16)11-12-14-8-4-6-10-17(14)15/h3-10,15H,2,11-12H2,1H3. The van der Waals surface area contributed by atoms with E-state index in [1.165, 1.54) is 30.4 Å². The summed E-state index contributed by atoms with van der Waals surface area (Å²) in [6.45, 7) is 2.30. The molecule has 0 saturated heterocycles. The van der Waals surface area contributed by atoms with Crippen LogP contribution in [-0.2, 0) is 12.8 Å². The third-order valence-electron chi connectivity index (χ3n) is 3.93. The van der Waals surface area contributed by atoms with Crippen LogP contribution in [0, 0.1) is 0 Å². The van der Waals surface area contributed by atoms with Crippen molar-refractivity contribution in [3.63, 3.8) is 0 Å². The number of hydrogen-bond donors (Lipinski definition) is 0. The van der Waals surface area contributed by atoms with E-state index in [1.54, 1.807) is 11.1 Å². The minimum atomic E-state index is 0.588. The fourth-order valence-electron chi connectivity index (χ4n) is 3.08. The normalized spacial score (nSPS) is 14.9. The predicted octanol–water partition coefficient (Wildman–Crippen LogP) is 4.33. The second-order valence-electron chi connectivity index (χ2n) is 4.86. The van der Waals surface area contributed by atoms with Crippen LogP contribution in [0.5, 0.6) is 0 Å². The number of benzene rings is 2. The minimum absolute atomic E-state index is 0.588. The summed E-state index contributed by atoms with van der Waals surface area (Å²) in [6.07, 6.45) is 3.56. The van der Waals surface area contributed by atoms with Crippen LogP contribution in [0.2, 0.25) is 0 Å². The van der Waals surface area contributed by atoms with Gasteiger partial charge in [0.15, 0.2) is 0 Å². The first-order valence-electron chi connectivity index (χ1n) is 6.55. The molecule has 0 heterocycles. The molecule has 0 heteroatoms. The van der Waals surface area contributed by atoms with Crippen LogP contribution >= 0.6 is 0 Å². The van der Waals surface area contributed by atoms with Gasteiger partial charge in [-0.15, -0.1) is 0 Å². The lowest BCUT2D eigenvalue weighted by Gasteiger charge is -2.18. The van der Waals surface area contributed by atoms with Crippen LogP contribution in [-0.4, -0.2) is 0 Å². The van der Waals surface area contributed by atoms with Crippen molar-refractivity contribution in [2.45, 2.75) is 32.1 Å². The molecule has 17 heavy (non-hydrogen) atoms. The van der Waals surface area contributed by atoms with E-state index in [0.717, 1.165) is 0 Å². The zero-order valence-electron chi connectivity index (χ0n) is 10.3. The van der Waals surface area contributed by atoms with Crippen molar-refractivity contribution in [2.75, 3.05) is 0 Å². The second kappa shape index (κ2) is 4.37. The fourth-order valence-corrected chi connectivity index (χ4v) is 3.08. The van der Waals surface area contributed by atoms with E-state index >= 15 is 0 Å². The zero-order valence-corrected chi connectivity index (χ0v) is 10.3. The monoisotopic (exact) mass is 222 g/mol. The van der Waals surface area contributed by atoms with Gasteiger partial charge in [0.25, 0.3) is 0 Å². The van der Waals surface area contributed by atoms with E-state index in [2.05, 4.69) is 55.5 Å². The maximum Gasteiger partial charge on any atom is 0.00921 e. The third kappa shape index (κ3) is 1.78. The van der Waals surface area contributed by atoms with Crippen LogP contribution in [0.25, 0.3) is 0 Å². The van der Waals surface area contributed by atoms with E-state index in [0.29, 0.717) is 5.92 Å². The molecule has 2 aromatic rings. The Bertz CT molecular complexity index is 478. The van der Waals surface area contributed by atoms with Gasteiger partial charge in [-0.2, -0.15) is 0 Å². The van der Waals surface area contributed by atoms with Crippen molar-refractivity contribution in [3.05, 3.63) is 70.8 Å². The SMILES string of the molecule is CCC1c2ccccc2CCc2ccccc21. The molecule has 0 spiro atoms. The topological polar surface area (TPSA) is 0 Å². The van der Waals surface area contributed by atoms with E-state index in [4.69, 9.17) is 0 Å². The van der Waals surface area contributed by atoms with Crippen molar-refractivity contribution in [2.24, 2.45) is 0 Å². The van der Waals surface area contributed by atoms with E-state index in [-0.39, 0.29) is 0 Å². The van der Waals surface area contributed by atoms with Gasteiger partial charge in [0.1, 0.15) is 0 Å². The summed E-state index contributed by atoms with van der Waals surface area (Å²) in [7, 11) is 0. The molecule has 0 nitrogen and oxygen atoms in total. The van der Waals surface area contributed by atoms with Gasteiger partial charge in [0, 0.05) is 5.92 Å². The van der Waals surface area contributed by atoms with Crippen LogP contribution < -0.4 is 0 Å². The van der Waals surface area contributed by atoms with Gasteiger partial charge < -0.3 is 0 Å². The highest BCUT2D eigenvalue weighted by atomic mass is 14.2. The molecule has 2 aromatic carbocycles. The summed E-state index contributed by atoms with van der Waals surface area (Å²) in [5.41, 5.74) is 6.16. The molecule has 0 saturated carbocycles. The van der Waals surface area contributed by atoms with E-state index in [9.17, 15) is 0 Å². The molecule has 0 bridgehead atoms. The van der Waals surface area contributed by atoms with Gasteiger partial charge in [-0.05, 0) is 41.5 Å². The molecular weight excluding hydrogens is 204 g/mol. The number of hydrogen-bond acceptors (Lipinski definition) is 0. The lowest BCUT2D eigenvalue weighted by molar-refractivity contribution is 0.772. The molecule has 0 fully saturated rings. The van der Waals surface area contributed by atoms with Gasteiger partial charge >= 0.3 is 0 Å². The van der Waals surface area contributed by atoms with Crippen LogP contribution in [0.1, 0.15) is 41.5 Å². The van der Waals surface area contributed by atoms with E-state index in [1.807, 2.05) is 0 Å². The predicted molar refractivity (Wildman–Crippen MR) is 72.4 cm³/mol. The average molecular weight is 222 g/mol. The van der Waals surface area contributed by atoms with Crippen molar-refractivity contribution in [1.82, 2.24) is 0 Å². The minimum Gasteiger partial charge on any atom is -0.0645 e. The molecule has 0 unspecified atom stereocenters. The first-order chi connectivity index (χ1) is 8.40. The Morgan fingerprint density at radius 2 is 1.29 bits per heavy atom. The van der Waals surface area contributed by atoms with Crippen LogP contribution in [0.4, 0.5) is 0 Å². The number of aryl methyl sites for hydroxylation is 2. The third-order valence-corrected chi connectivity index (χ3v) is 3.93. The van der Waals surface area contributed by atoms with Crippen molar-refractivity contribution < 1.29 is 0 Å². The van der Waals surface area contributed by atoms with Crippen molar-refractivity contribution >= 4 is 0 Å². The summed E-state index contributed by atoms with van der Waals surface area (Å²) in [5, 5.41) is 0. The highest BCUT2D eigenvalue weighted by molar-refractivity contribution is 5.44. The van der Waals surface area contributed by atoms with Crippen molar-refractivity contribution in [3.8, 4) is 0 Å². The van der Waals surface area contributed by atoms with Crippen LogP contribution in [0.3, 0.4) is 0 Å². The highest BCUT2D eigenvalue weighted by Gasteiger charge is 2.21. The Balaban J connectivity index is 2.19. The molecule has 1 aliphatic rings. The molecule has 1 aliphatic carbocycles. The average Bonchev–Trinajstić information content (AvgIpc) is 2.55. The Labute approximate surface area is 103 Å².